The topological polar surface area (TPSA) is 61.5 Å². The average Bonchev–Trinajstić information content (AvgIpc) is 2.45. The van der Waals surface area contributed by atoms with Crippen LogP contribution in [0.3, 0.4) is 0 Å². The van der Waals surface area contributed by atoms with Crippen molar-refractivity contribution < 1.29 is 14.3 Å². The van der Waals surface area contributed by atoms with E-state index in [0.29, 0.717) is 28.6 Å². The second-order valence-corrected chi connectivity index (χ2v) is 4.83. The Morgan fingerprint density at radius 1 is 1.24 bits per heavy atom. The van der Waals surface area contributed by atoms with Gasteiger partial charge in [0.05, 0.1) is 6.61 Å². The maximum absolute atomic E-state index is 11.9. The van der Waals surface area contributed by atoms with Crippen molar-refractivity contribution >= 4 is 23.3 Å². The van der Waals surface area contributed by atoms with Gasteiger partial charge < -0.3 is 15.2 Å². The van der Waals surface area contributed by atoms with Crippen molar-refractivity contribution in [1.82, 2.24) is 0 Å². The van der Waals surface area contributed by atoms with Crippen LogP contribution in [0, 0.1) is 0 Å². The smallest absolute Gasteiger partial charge is 0.341 e. The summed E-state index contributed by atoms with van der Waals surface area (Å²) in [5.74, 6) is -0.0352. The van der Waals surface area contributed by atoms with Crippen LogP contribution in [-0.4, -0.2) is 12.6 Å². The molecule has 0 aliphatic carbocycles. The average molecular weight is 306 g/mol. The summed E-state index contributed by atoms with van der Waals surface area (Å²) in [6, 6.07) is 12.2. The zero-order valence-corrected chi connectivity index (χ0v) is 12.4. The largest absolute Gasteiger partial charge is 0.488 e. The van der Waals surface area contributed by atoms with Gasteiger partial charge in [0.25, 0.3) is 0 Å². The molecule has 21 heavy (non-hydrogen) atoms. The number of halogens is 1. The van der Waals surface area contributed by atoms with E-state index < -0.39 is 5.97 Å². The molecule has 2 aromatic carbocycles. The van der Waals surface area contributed by atoms with E-state index in [-0.39, 0.29) is 6.61 Å². The van der Waals surface area contributed by atoms with Gasteiger partial charge in [0.1, 0.15) is 17.9 Å². The van der Waals surface area contributed by atoms with E-state index in [9.17, 15) is 4.79 Å². The van der Waals surface area contributed by atoms with Crippen LogP contribution < -0.4 is 10.5 Å². The number of benzene rings is 2. The Morgan fingerprint density at radius 2 is 2.05 bits per heavy atom. The lowest BCUT2D eigenvalue weighted by Crippen LogP contribution is -2.08. The number of carbonyl (C=O) groups excluding carboxylic acids is 1. The minimum absolute atomic E-state index is 0.288. The number of rotatable bonds is 5. The van der Waals surface area contributed by atoms with Crippen molar-refractivity contribution in [1.29, 1.82) is 0 Å². The number of anilines is 1. The van der Waals surface area contributed by atoms with E-state index in [2.05, 4.69) is 0 Å². The van der Waals surface area contributed by atoms with E-state index in [4.69, 9.17) is 26.8 Å². The van der Waals surface area contributed by atoms with Gasteiger partial charge in [-0.1, -0.05) is 23.7 Å². The van der Waals surface area contributed by atoms with E-state index in [1.54, 1.807) is 37.3 Å². The molecule has 0 aliphatic rings. The number of hydrogen-bond acceptors (Lipinski definition) is 4. The highest BCUT2D eigenvalue weighted by atomic mass is 35.5. The number of nitrogen functional groups attached to an aromatic ring is 1. The highest BCUT2D eigenvalue weighted by molar-refractivity contribution is 6.30. The Balaban J connectivity index is 2.18. The molecule has 0 amide bonds. The fourth-order valence-electron chi connectivity index (χ4n) is 1.82. The second kappa shape index (κ2) is 6.99. The van der Waals surface area contributed by atoms with Crippen LogP contribution in [0.4, 0.5) is 5.69 Å². The summed E-state index contributed by atoms with van der Waals surface area (Å²) in [5, 5.41) is 0.634. The van der Waals surface area contributed by atoms with Crippen LogP contribution in [0.25, 0.3) is 0 Å². The Hall–Kier alpha value is -2.20. The molecule has 0 unspecified atom stereocenters. The highest BCUT2D eigenvalue weighted by Crippen LogP contribution is 2.24. The summed E-state index contributed by atoms with van der Waals surface area (Å²) in [6.07, 6.45) is 0. The van der Waals surface area contributed by atoms with Gasteiger partial charge in [-0.15, -0.1) is 0 Å². The van der Waals surface area contributed by atoms with Crippen molar-refractivity contribution in [3.8, 4) is 5.75 Å². The molecule has 0 atom stereocenters. The Kier molecular flexibility index (Phi) is 5.06. The van der Waals surface area contributed by atoms with Crippen molar-refractivity contribution in [3.63, 3.8) is 0 Å². The first kappa shape index (κ1) is 15.2. The fraction of sp³-hybridized carbons (Fsp3) is 0.188. The van der Waals surface area contributed by atoms with Gasteiger partial charge >= 0.3 is 5.97 Å². The van der Waals surface area contributed by atoms with Gasteiger partial charge in [0.15, 0.2) is 0 Å². The van der Waals surface area contributed by atoms with Crippen LogP contribution in [0.2, 0.25) is 5.02 Å². The van der Waals surface area contributed by atoms with Gasteiger partial charge in [0, 0.05) is 16.8 Å². The van der Waals surface area contributed by atoms with Crippen LogP contribution in [0.5, 0.6) is 5.75 Å². The lowest BCUT2D eigenvalue weighted by molar-refractivity contribution is 0.0521. The third kappa shape index (κ3) is 4.13. The SMILES string of the molecule is CCOC(=O)c1ccc(N)cc1OCc1cccc(Cl)c1. The highest BCUT2D eigenvalue weighted by Gasteiger charge is 2.14. The predicted molar refractivity (Wildman–Crippen MR) is 82.6 cm³/mol. The molecule has 4 nitrogen and oxygen atoms in total. The molecule has 0 radical (unpaired) electrons. The minimum atomic E-state index is -0.432. The van der Waals surface area contributed by atoms with Crippen molar-refractivity contribution in [2.45, 2.75) is 13.5 Å². The maximum atomic E-state index is 11.9. The zero-order chi connectivity index (χ0) is 15.2. The second-order valence-electron chi connectivity index (χ2n) is 4.39. The molecule has 0 aromatic heterocycles. The molecule has 0 spiro atoms. The van der Waals surface area contributed by atoms with Crippen LogP contribution in [0.1, 0.15) is 22.8 Å². The van der Waals surface area contributed by atoms with Gasteiger partial charge in [-0.3, -0.25) is 0 Å². The third-order valence-corrected chi connectivity index (χ3v) is 3.02. The summed E-state index contributed by atoms with van der Waals surface area (Å²) in [4.78, 5) is 11.9. The first-order valence-electron chi connectivity index (χ1n) is 6.54. The van der Waals surface area contributed by atoms with E-state index in [1.807, 2.05) is 12.1 Å². The standard InChI is InChI=1S/C16H16ClNO3/c1-2-20-16(19)14-7-6-13(18)9-15(14)21-10-11-4-3-5-12(17)8-11/h3-9H,2,10,18H2,1H3. The van der Waals surface area contributed by atoms with Crippen molar-refractivity contribution in [3.05, 3.63) is 58.6 Å². The van der Waals surface area contributed by atoms with Crippen molar-refractivity contribution in [2.24, 2.45) is 0 Å². The molecular weight excluding hydrogens is 290 g/mol. The number of ether oxygens (including phenoxy) is 2. The van der Waals surface area contributed by atoms with Gasteiger partial charge in [-0.2, -0.15) is 0 Å². The monoisotopic (exact) mass is 305 g/mol. The van der Waals surface area contributed by atoms with Crippen molar-refractivity contribution in [2.75, 3.05) is 12.3 Å². The molecule has 2 aromatic rings. The lowest BCUT2D eigenvalue weighted by Gasteiger charge is -2.12. The van der Waals surface area contributed by atoms with E-state index >= 15 is 0 Å². The zero-order valence-electron chi connectivity index (χ0n) is 11.6. The van der Waals surface area contributed by atoms with Gasteiger partial charge in [-0.25, -0.2) is 4.79 Å². The molecule has 0 saturated carbocycles. The molecule has 110 valence electrons. The van der Waals surface area contributed by atoms with Crippen LogP contribution >= 0.6 is 11.6 Å². The molecular formula is C16H16ClNO3. The normalized spacial score (nSPS) is 10.2. The minimum Gasteiger partial charge on any atom is -0.488 e. The molecule has 0 aliphatic heterocycles. The molecule has 0 bridgehead atoms. The first-order chi connectivity index (χ1) is 10.1. The quantitative estimate of drug-likeness (QED) is 0.676. The van der Waals surface area contributed by atoms with Gasteiger partial charge in [0.2, 0.25) is 0 Å². The molecule has 5 heteroatoms. The fourth-order valence-corrected chi connectivity index (χ4v) is 2.04. The Morgan fingerprint density at radius 3 is 2.76 bits per heavy atom. The summed E-state index contributed by atoms with van der Waals surface area (Å²) in [5.41, 5.74) is 7.52. The summed E-state index contributed by atoms with van der Waals surface area (Å²) < 4.78 is 10.7. The van der Waals surface area contributed by atoms with Gasteiger partial charge in [-0.05, 0) is 36.8 Å². The molecule has 2 N–H and O–H groups in total. The number of hydrogen-bond donors (Lipinski definition) is 1. The number of carbonyl (C=O) groups is 1. The molecule has 0 saturated heterocycles. The number of nitrogens with two attached hydrogens (primary N) is 1. The first-order valence-corrected chi connectivity index (χ1v) is 6.92. The molecule has 0 heterocycles. The van der Waals surface area contributed by atoms with Crippen LogP contribution in [0.15, 0.2) is 42.5 Å². The maximum Gasteiger partial charge on any atom is 0.341 e. The summed E-state index contributed by atoms with van der Waals surface area (Å²) >= 11 is 5.93. The summed E-state index contributed by atoms with van der Waals surface area (Å²) in [6.45, 7) is 2.34. The Labute approximate surface area is 128 Å². The van der Waals surface area contributed by atoms with E-state index in [0.717, 1.165) is 5.56 Å². The summed E-state index contributed by atoms with van der Waals surface area (Å²) in [7, 11) is 0. The predicted octanol–water partition coefficient (Wildman–Crippen LogP) is 3.68. The lowest BCUT2D eigenvalue weighted by atomic mass is 10.2. The Bertz CT molecular complexity index is 643. The molecule has 2 rings (SSSR count). The van der Waals surface area contributed by atoms with E-state index in [1.165, 1.54) is 0 Å². The molecule has 0 fully saturated rings. The third-order valence-electron chi connectivity index (χ3n) is 2.78. The number of esters is 1. The van der Waals surface area contributed by atoms with Crippen LogP contribution in [-0.2, 0) is 11.3 Å².